The lowest BCUT2D eigenvalue weighted by Crippen LogP contribution is -1.93. The third-order valence-corrected chi connectivity index (χ3v) is 4.99. The minimum Gasteiger partial charge on any atom is -0.768 e. The Morgan fingerprint density at radius 3 is 2.62 bits per heavy atom. The minimum absolute atomic E-state index is 0.160. The van der Waals surface area contributed by atoms with E-state index in [-0.39, 0.29) is 4.90 Å². The number of rotatable bonds is 4. The van der Waals surface area contributed by atoms with Crippen molar-refractivity contribution >= 4 is 22.1 Å². The van der Waals surface area contributed by atoms with Crippen LogP contribution in [0.3, 0.4) is 0 Å². The maximum atomic E-state index is 11.8. The summed E-state index contributed by atoms with van der Waals surface area (Å²) in [6.07, 6.45) is 0.598. The molecule has 2 heterocycles. The van der Waals surface area contributed by atoms with E-state index in [0.29, 0.717) is 34.7 Å². The van der Waals surface area contributed by atoms with Crippen LogP contribution in [0.4, 0.5) is 0 Å². The van der Waals surface area contributed by atoms with Gasteiger partial charge in [0.05, 0.1) is 16.1 Å². The fraction of sp³-hybridized carbons (Fsp3) is 0.158. The molecular weight excluding hydrogens is 350 g/mol. The number of benzene rings is 2. The van der Waals surface area contributed by atoms with Crippen molar-refractivity contribution in [3.63, 3.8) is 0 Å². The molecule has 0 aliphatic carbocycles. The van der Waals surface area contributed by atoms with Gasteiger partial charge in [-0.15, -0.1) is 0 Å². The standard InChI is InChI=1S/C19H17N3O3S/c1-11-18(12(2)25-22-11)14-9-15-19(16(10-14)26(23)24)21-17(20-15)8-13-6-4-3-5-7-13/h3-7,9-10H,8H2,1-2H3,(H,20,21)(H,23,24)/p-1. The van der Waals surface area contributed by atoms with Gasteiger partial charge in [0.25, 0.3) is 0 Å². The highest BCUT2D eigenvalue weighted by molar-refractivity contribution is 7.79. The van der Waals surface area contributed by atoms with E-state index in [1.807, 2.05) is 43.3 Å². The smallest absolute Gasteiger partial charge is 0.141 e. The highest BCUT2D eigenvalue weighted by Gasteiger charge is 2.16. The van der Waals surface area contributed by atoms with Gasteiger partial charge in [0.2, 0.25) is 0 Å². The zero-order valence-corrected chi connectivity index (χ0v) is 15.1. The van der Waals surface area contributed by atoms with Gasteiger partial charge in [0.15, 0.2) is 0 Å². The lowest BCUT2D eigenvalue weighted by atomic mass is 10.0. The molecule has 132 valence electrons. The molecule has 4 rings (SSSR count). The normalized spacial score (nSPS) is 12.6. The number of hydrogen-bond acceptors (Lipinski definition) is 5. The second kappa shape index (κ2) is 6.51. The van der Waals surface area contributed by atoms with Crippen molar-refractivity contribution in [3.05, 3.63) is 65.3 Å². The van der Waals surface area contributed by atoms with Crippen molar-refractivity contribution in [2.24, 2.45) is 0 Å². The zero-order chi connectivity index (χ0) is 18.3. The molecule has 0 spiro atoms. The maximum Gasteiger partial charge on any atom is 0.141 e. The molecule has 2 aromatic carbocycles. The van der Waals surface area contributed by atoms with Crippen LogP contribution in [-0.2, 0) is 17.5 Å². The van der Waals surface area contributed by atoms with Gasteiger partial charge in [-0.1, -0.05) is 35.5 Å². The van der Waals surface area contributed by atoms with E-state index in [1.165, 1.54) is 0 Å². The lowest BCUT2D eigenvalue weighted by molar-refractivity contribution is 0.393. The molecule has 26 heavy (non-hydrogen) atoms. The number of aromatic amines is 1. The Bertz CT molecular complexity index is 1100. The number of hydrogen-bond donors (Lipinski definition) is 1. The van der Waals surface area contributed by atoms with E-state index in [9.17, 15) is 8.76 Å². The van der Waals surface area contributed by atoms with Gasteiger partial charge in [0.1, 0.15) is 17.1 Å². The molecule has 0 saturated heterocycles. The first-order valence-electron chi connectivity index (χ1n) is 8.12. The molecule has 0 aliphatic rings. The van der Waals surface area contributed by atoms with Gasteiger partial charge in [-0.05, 0) is 48.2 Å². The fourth-order valence-electron chi connectivity index (χ4n) is 3.18. The Hall–Kier alpha value is -2.77. The summed E-state index contributed by atoms with van der Waals surface area (Å²) in [6, 6.07) is 13.4. The summed E-state index contributed by atoms with van der Waals surface area (Å²) in [7, 11) is 0. The first-order valence-corrected chi connectivity index (χ1v) is 9.19. The summed E-state index contributed by atoms with van der Waals surface area (Å²) >= 11 is -2.41. The van der Waals surface area contributed by atoms with Gasteiger partial charge in [-0.2, -0.15) is 0 Å². The molecule has 1 unspecified atom stereocenters. The third-order valence-electron chi connectivity index (χ3n) is 4.32. The average molecular weight is 366 g/mol. The van der Waals surface area contributed by atoms with Crippen molar-refractivity contribution in [2.45, 2.75) is 25.2 Å². The Morgan fingerprint density at radius 2 is 1.96 bits per heavy atom. The number of H-pyrrole nitrogens is 1. The van der Waals surface area contributed by atoms with E-state index >= 15 is 0 Å². The molecular formula is C19H16N3O3S-. The van der Waals surface area contributed by atoms with Crippen LogP contribution in [0, 0.1) is 13.8 Å². The van der Waals surface area contributed by atoms with Crippen molar-refractivity contribution in [1.82, 2.24) is 15.1 Å². The van der Waals surface area contributed by atoms with Crippen LogP contribution in [0.1, 0.15) is 22.8 Å². The topological polar surface area (TPSA) is 94.8 Å². The molecule has 1 atom stereocenters. The summed E-state index contributed by atoms with van der Waals surface area (Å²) in [5.74, 6) is 1.36. The van der Waals surface area contributed by atoms with Crippen molar-refractivity contribution in [1.29, 1.82) is 0 Å². The maximum absolute atomic E-state index is 11.8. The molecule has 0 saturated carbocycles. The van der Waals surface area contributed by atoms with Crippen molar-refractivity contribution in [3.8, 4) is 11.1 Å². The predicted octanol–water partition coefficient (Wildman–Crippen LogP) is 3.66. The van der Waals surface area contributed by atoms with Gasteiger partial charge in [0, 0.05) is 12.0 Å². The number of aryl methyl sites for hydroxylation is 2. The Kier molecular flexibility index (Phi) is 4.18. The van der Waals surface area contributed by atoms with Crippen LogP contribution in [0.2, 0.25) is 0 Å². The number of fused-ring (bicyclic) bond motifs is 1. The largest absolute Gasteiger partial charge is 0.768 e. The van der Waals surface area contributed by atoms with E-state index in [1.54, 1.807) is 13.0 Å². The van der Waals surface area contributed by atoms with E-state index in [0.717, 1.165) is 16.7 Å². The van der Waals surface area contributed by atoms with Gasteiger partial charge in [-0.3, -0.25) is 4.21 Å². The van der Waals surface area contributed by atoms with Crippen molar-refractivity contribution < 1.29 is 13.3 Å². The molecule has 4 aromatic rings. The van der Waals surface area contributed by atoms with Gasteiger partial charge < -0.3 is 14.1 Å². The predicted molar refractivity (Wildman–Crippen MR) is 97.5 cm³/mol. The lowest BCUT2D eigenvalue weighted by Gasteiger charge is -2.09. The molecule has 0 radical (unpaired) electrons. The average Bonchev–Trinajstić information content (AvgIpc) is 3.17. The first-order chi connectivity index (χ1) is 12.5. The highest BCUT2D eigenvalue weighted by Crippen LogP contribution is 2.32. The summed E-state index contributed by atoms with van der Waals surface area (Å²) in [4.78, 5) is 7.91. The zero-order valence-electron chi connectivity index (χ0n) is 14.3. The Labute approximate surface area is 152 Å². The summed E-state index contributed by atoms with van der Waals surface area (Å²) in [6.45, 7) is 3.64. The fourth-order valence-corrected chi connectivity index (χ4v) is 3.71. The van der Waals surface area contributed by atoms with Crippen molar-refractivity contribution in [2.75, 3.05) is 0 Å². The Balaban J connectivity index is 1.86. The molecule has 7 heteroatoms. The number of aromatic nitrogens is 3. The number of imidazole rings is 1. The summed E-state index contributed by atoms with van der Waals surface area (Å²) in [5.41, 5.74) is 4.48. The first kappa shape index (κ1) is 16.7. The molecule has 1 N–H and O–H groups in total. The van der Waals surface area contributed by atoms with Crippen LogP contribution < -0.4 is 0 Å². The van der Waals surface area contributed by atoms with Crippen LogP contribution >= 0.6 is 0 Å². The number of nitrogens with zero attached hydrogens (tertiary/aromatic N) is 2. The number of nitrogens with one attached hydrogen (secondary N) is 1. The van der Waals surface area contributed by atoms with Crippen LogP contribution in [0.25, 0.3) is 22.2 Å². The third kappa shape index (κ3) is 2.95. The van der Waals surface area contributed by atoms with Gasteiger partial charge in [-0.25, -0.2) is 4.98 Å². The second-order valence-corrected chi connectivity index (χ2v) is 7.06. The molecule has 0 bridgehead atoms. The van der Waals surface area contributed by atoms with E-state index in [2.05, 4.69) is 15.1 Å². The van der Waals surface area contributed by atoms with Crippen LogP contribution in [0.5, 0.6) is 0 Å². The minimum atomic E-state index is -2.41. The van der Waals surface area contributed by atoms with Crippen LogP contribution in [-0.4, -0.2) is 23.9 Å². The molecule has 0 amide bonds. The van der Waals surface area contributed by atoms with E-state index in [4.69, 9.17) is 4.52 Å². The molecule has 0 aliphatic heterocycles. The SMILES string of the molecule is Cc1noc(C)c1-c1cc(S(=O)[O-])c2nc(Cc3ccccc3)[nH]c2c1. The highest BCUT2D eigenvalue weighted by atomic mass is 32.2. The summed E-state index contributed by atoms with van der Waals surface area (Å²) in [5, 5.41) is 3.95. The molecule has 6 nitrogen and oxygen atoms in total. The quantitative estimate of drug-likeness (QED) is 0.556. The summed E-state index contributed by atoms with van der Waals surface area (Å²) < 4.78 is 28.8. The van der Waals surface area contributed by atoms with Gasteiger partial charge >= 0.3 is 0 Å². The van der Waals surface area contributed by atoms with E-state index < -0.39 is 11.1 Å². The molecule has 2 aromatic heterocycles. The monoisotopic (exact) mass is 366 g/mol. The Morgan fingerprint density at radius 1 is 1.19 bits per heavy atom. The van der Waals surface area contributed by atoms with Crippen LogP contribution in [0.15, 0.2) is 51.9 Å². The molecule has 0 fully saturated rings. The second-order valence-electron chi connectivity index (χ2n) is 6.15.